The van der Waals surface area contributed by atoms with Crippen molar-refractivity contribution in [2.45, 2.75) is 33.8 Å². The summed E-state index contributed by atoms with van der Waals surface area (Å²) >= 11 is 0. The van der Waals surface area contributed by atoms with Crippen LogP contribution in [0, 0.1) is 12.3 Å². The fourth-order valence-electron chi connectivity index (χ4n) is 1.97. The molecule has 0 radical (unpaired) electrons. The van der Waals surface area contributed by atoms with E-state index in [2.05, 4.69) is 0 Å². The molecule has 0 saturated carbocycles. The first-order valence-electron chi connectivity index (χ1n) is 6.93. The van der Waals surface area contributed by atoms with Gasteiger partial charge in [0.25, 0.3) is 5.91 Å². The lowest BCUT2D eigenvalue weighted by Crippen LogP contribution is -2.44. The molecule has 0 heterocycles. The third kappa shape index (κ3) is 4.85. The van der Waals surface area contributed by atoms with E-state index in [0.717, 1.165) is 5.56 Å². The Balaban J connectivity index is 2.60. The molecule has 0 aliphatic carbocycles. The first kappa shape index (κ1) is 16.5. The van der Waals surface area contributed by atoms with E-state index in [4.69, 9.17) is 10.5 Å². The highest BCUT2D eigenvalue weighted by molar-refractivity contribution is 5.80. The van der Waals surface area contributed by atoms with Crippen LogP contribution in [0.1, 0.15) is 26.3 Å². The molecule has 0 aliphatic rings. The van der Waals surface area contributed by atoms with Crippen LogP contribution < -0.4 is 10.5 Å². The first-order chi connectivity index (χ1) is 9.25. The molecule has 0 spiro atoms. The molecule has 112 valence electrons. The monoisotopic (exact) mass is 278 g/mol. The summed E-state index contributed by atoms with van der Waals surface area (Å²) in [5.41, 5.74) is 6.77. The number of carbonyl (C=O) groups excluding carboxylic acids is 1. The van der Waals surface area contributed by atoms with Crippen molar-refractivity contribution in [1.29, 1.82) is 0 Å². The molecular formula is C16H26N2O2. The van der Waals surface area contributed by atoms with Gasteiger partial charge in [-0.2, -0.15) is 0 Å². The molecule has 1 amide bonds. The van der Waals surface area contributed by atoms with E-state index in [0.29, 0.717) is 18.8 Å². The van der Waals surface area contributed by atoms with Crippen molar-refractivity contribution in [3.05, 3.63) is 29.8 Å². The highest BCUT2D eigenvalue weighted by atomic mass is 16.5. The van der Waals surface area contributed by atoms with Crippen molar-refractivity contribution >= 4 is 5.91 Å². The molecule has 4 nitrogen and oxygen atoms in total. The van der Waals surface area contributed by atoms with Crippen LogP contribution in [0.15, 0.2) is 24.3 Å². The summed E-state index contributed by atoms with van der Waals surface area (Å²) in [6.07, 6.45) is -0.503. The van der Waals surface area contributed by atoms with Gasteiger partial charge in [-0.15, -0.1) is 0 Å². The van der Waals surface area contributed by atoms with Gasteiger partial charge in [0.05, 0.1) is 0 Å². The molecule has 0 bridgehead atoms. The van der Waals surface area contributed by atoms with Crippen LogP contribution in [0.3, 0.4) is 0 Å². The molecule has 1 aromatic carbocycles. The fraction of sp³-hybridized carbons (Fsp3) is 0.562. The van der Waals surface area contributed by atoms with Crippen LogP contribution in [0.4, 0.5) is 0 Å². The Morgan fingerprint density at radius 2 is 1.90 bits per heavy atom. The van der Waals surface area contributed by atoms with Gasteiger partial charge >= 0.3 is 0 Å². The number of nitrogens with zero attached hydrogens (tertiary/aromatic N) is 1. The summed E-state index contributed by atoms with van der Waals surface area (Å²) in [5.74, 6) is 0.676. The lowest BCUT2D eigenvalue weighted by Gasteiger charge is -2.30. The smallest absolute Gasteiger partial charge is 0.263 e. The van der Waals surface area contributed by atoms with Crippen LogP contribution in [-0.2, 0) is 4.79 Å². The van der Waals surface area contributed by atoms with Crippen LogP contribution in [0.25, 0.3) is 0 Å². The summed E-state index contributed by atoms with van der Waals surface area (Å²) in [6, 6.07) is 7.69. The maximum Gasteiger partial charge on any atom is 0.263 e. The average molecular weight is 278 g/mol. The standard InChI is InChI=1S/C16H26N2O2/c1-12-6-8-14(9-7-12)20-13(2)15(19)18(5)11-16(3,4)10-17/h6-9,13H,10-11,17H2,1-5H3. The minimum Gasteiger partial charge on any atom is -0.481 e. The van der Waals surface area contributed by atoms with Gasteiger partial charge in [0.1, 0.15) is 5.75 Å². The summed E-state index contributed by atoms with van der Waals surface area (Å²) in [5, 5.41) is 0. The Kier molecular flexibility index (Phi) is 5.57. The molecule has 4 heteroatoms. The van der Waals surface area contributed by atoms with Crippen molar-refractivity contribution in [3.8, 4) is 5.75 Å². The third-order valence-electron chi connectivity index (χ3n) is 3.28. The second-order valence-corrected chi connectivity index (χ2v) is 6.14. The van der Waals surface area contributed by atoms with Gasteiger partial charge in [0.15, 0.2) is 6.10 Å². The maximum atomic E-state index is 12.3. The zero-order chi connectivity index (χ0) is 15.3. The van der Waals surface area contributed by atoms with E-state index in [1.165, 1.54) is 0 Å². The van der Waals surface area contributed by atoms with Crippen molar-refractivity contribution < 1.29 is 9.53 Å². The zero-order valence-electron chi connectivity index (χ0n) is 13.1. The number of likely N-dealkylation sites (N-methyl/N-ethyl adjacent to an activating group) is 1. The third-order valence-corrected chi connectivity index (χ3v) is 3.28. The largest absolute Gasteiger partial charge is 0.481 e. The topological polar surface area (TPSA) is 55.6 Å². The number of hydrogen-bond donors (Lipinski definition) is 1. The number of ether oxygens (including phenoxy) is 1. The van der Waals surface area contributed by atoms with Gasteiger partial charge in [0.2, 0.25) is 0 Å². The van der Waals surface area contributed by atoms with Crippen LogP contribution in [0.2, 0.25) is 0 Å². The summed E-state index contributed by atoms with van der Waals surface area (Å²) in [6.45, 7) is 9.03. The molecular weight excluding hydrogens is 252 g/mol. The van der Waals surface area contributed by atoms with E-state index in [1.54, 1.807) is 18.9 Å². The van der Waals surface area contributed by atoms with Crippen molar-refractivity contribution in [2.75, 3.05) is 20.1 Å². The van der Waals surface area contributed by atoms with Gasteiger partial charge in [0, 0.05) is 13.6 Å². The van der Waals surface area contributed by atoms with E-state index in [9.17, 15) is 4.79 Å². The molecule has 0 saturated heterocycles. The fourth-order valence-corrected chi connectivity index (χ4v) is 1.97. The SMILES string of the molecule is Cc1ccc(OC(C)C(=O)N(C)CC(C)(C)CN)cc1. The molecule has 1 rings (SSSR count). The Hall–Kier alpha value is -1.55. The first-order valence-corrected chi connectivity index (χ1v) is 6.93. The van der Waals surface area contributed by atoms with E-state index in [-0.39, 0.29) is 11.3 Å². The van der Waals surface area contributed by atoms with Crippen molar-refractivity contribution in [2.24, 2.45) is 11.1 Å². The van der Waals surface area contributed by atoms with E-state index in [1.807, 2.05) is 45.0 Å². The summed E-state index contributed by atoms with van der Waals surface area (Å²) in [4.78, 5) is 14.0. The van der Waals surface area contributed by atoms with Crippen molar-refractivity contribution in [3.63, 3.8) is 0 Å². The second kappa shape index (κ2) is 6.75. The average Bonchev–Trinajstić information content (AvgIpc) is 2.40. The van der Waals surface area contributed by atoms with Crippen LogP contribution in [-0.4, -0.2) is 37.0 Å². The highest BCUT2D eigenvalue weighted by Crippen LogP contribution is 2.17. The van der Waals surface area contributed by atoms with Gasteiger partial charge in [-0.1, -0.05) is 31.5 Å². The zero-order valence-corrected chi connectivity index (χ0v) is 13.1. The number of hydrogen-bond acceptors (Lipinski definition) is 3. The normalized spacial score (nSPS) is 12.9. The van der Waals surface area contributed by atoms with Gasteiger partial charge in [-0.3, -0.25) is 4.79 Å². The van der Waals surface area contributed by atoms with Crippen LogP contribution >= 0.6 is 0 Å². The Bertz CT molecular complexity index is 440. The Morgan fingerprint density at radius 3 is 2.40 bits per heavy atom. The number of amides is 1. The highest BCUT2D eigenvalue weighted by Gasteiger charge is 2.25. The van der Waals surface area contributed by atoms with Gasteiger partial charge < -0.3 is 15.4 Å². The summed E-state index contributed by atoms with van der Waals surface area (Å²) in [7, 11) is 1.79. The molecule has 0 aliphatic heterocycles. The molecule has 2 N–H and O–H groups in total. The molecule has 1 unspecified atom stereocenters. The Morgan fingerprint density at radius 1 is 1.35 bits per heavy atom. The van der Waals surface area contributed by atoms with Gasteiger partial charge in [-0.25, -0.2) is 0 Å². The van der Waals surface area contributed by atoms with E-state index < -0.39 is 6.10 Å². The maximum absolute atomic E-state index is 12.3. The van der Waals surface area contributed by atoms with Crippen molar-refractivity contribution in [1.82, 2.24) is 4.90 Å². The summed E-state index contributed by atoms with van der Waals surface area (Å²) < 4.78 is 5.68. The van der Waals surface area contributed by atoms with Crippen LogP contribution in [0.5, 0.6) is 5.75 Å². The Labute approximate surface area is 121 Å². The molecule has 1 atom stereocenters. The number of rotatable bonds is 6. The minimum atomic E-state index is -0.503. The minimum absolute atomic E-state index is 0.0351. The molecule has 0 aromatic heterocycles. The molecule has 20 heavy (non-hydrogen) atoms. The lowest BCUT2D eigenvalue weighted by molar-refractivity contribution is -0.137. The second-order valence-electron chi connectivity index (χ2n) is 6.14. The quantitative estimate of drug-likeness (QED) is 0.868. The van der Waals surface area contributed by atoms with Gasteiger partial charge in [-0.05, 0) is 37.9 Å². The predicted octanol–water partition coefficient (Wildman–Crippen LogP) is 2.21. The predicted molar refractivity (Wildman–Crippen MR) is 81.7 cm³/mol. The number of aryl methyl sites for hydroxylation is 1. The lowest BCUT2D eigenvalue weighted by atomic mass is 9.93. The molecule has 1 aromatic rings. The number of nitrogens with two attached hydrogens (primary N) is 1. The number of carbonyl (C=O) groups is 1. The van der Waals surface area contributed by atoms with E-state index >= 15 is 0 Å². The molecule has 0 fully saturated rings. The number of benzene rings is 1.